The zero-order valence-electron chi connectivity index (χ0n) is 51.9. The van der Waals surface area contributed by atoms with Gasteiger partial charge in [0, 0.05) is 92.5 Å². The summed E-state index contributed by atoms with van der Waals surface area (Å²) in [5, 5.41) is 24.1. The molecule has 0 aliphatic carbocycles. The van der Waals surface area contributed by atoms with Crippen molar-refractivity contribution in [2.75, 3.05) is 57.9 Å². The molecule has 7 heterocycles. The summed E-state index contributed by atoms with van der Waals surface area (Å²) in [5.41, 5.74) is 0.864. The number of benzene rings is 2. The van der Waals surface area contributed by atoms with Gasteiger partial charge in [-0.05, 0) is 108 Å². The minimum Gasteiger partial charge on any atom is -0.481 e. The van der Waals surface area contributed by atoms with Crippen molar-refractivity contribution in [2.45, 2.75) is 143 Å². The Morgan fingerprint density at radius 1 is 0.802 bits per heavy atom. The Kier molecular flexibility index (Phi) is 20.4. The zero-order chi connectivity index (χ0) is 65.5. The van der Waals surface area contributed by atoms with E-state index in [4.69, 9.17) is 33.4 Å². The number of hydrogen-bond donors (Lipinski definition) is 6. The minimum absolute atomic E-state index is 0.0430. The Morgan fingerprint density at radius 2 is 1.51 bits per heavy atom. The largest absolute Gasteiger partial charge is 0.510 e. The predicted molar refractivity (Wildman–Crippen MR) is 324 cm³/mol. The van der Waals surface area contributed by atoms with Crippen molar-refractivity contribution < 1.29 is 81.5 Å². The smallest absolute Gasteiger partial charge is 0.481 e. The number of aromatic nitrogens is 2. The van der Waals surface area contributed by atoms with Crippen LogP contribution in [0.4, 0.5) is 15.3 Å². The highest BCUT2D eigenvalue weighted by atomic mass is 16.7. The summed E-state index contributed by atoms with van der Waals surface area (Å²) in [6.45, 7) is 15.8. The van der Waals surface area contributed by atoms with Gasteiger partial charge in [0.05, 0.1) is 29.0 Å². The molecule has 486 valence electrons. The molecular formula is C63H76N10O18. The molecule has 0 spiro atoms. The number of rotatable bonds is 25. The average Bonchev–Trinajstić information content (AvgIpc) is 1.64. The van der Waals surface area contributed by atoms with Crippen LogP contribution in [0.25, 0.3) is 22.3 Å². The summed E-state index contributed by atoms with van der Waals surface area (Å²) in [4.78, 5) is 154. The molecule has 1 fully saturated rings. The number of fused-ring (bicyclic) bond motifs is 6. The van der Waals surface area contributed by atoms with E-state index in [0.29, 0.717) is 60.1 Å². The molecule has 4 atom stereocenters. The molecule has 28 nitrogen and oxygen atoms in total. The van der Waals surface area contributed by atoms with Crippen LogP contribution in [0.15, 0.2) is 59.4 Å². The predicted octanol–water partition coefficient (Wildman–Crippen LogP) is 3.84. The number of anilines is 1. The maximum Gasteiger partial charge on any atom is 0.510 e. The highest BCUT2D eigenvalue weighted by Crippen LogP contribution is 2.44. The van der Waals surface area contributed by atoms with Crippen LogP contribution >= 0.6 is 0 Å². The van der Waals surface area contributed by atoms with Crippen LogP contribution in [0.3, 0.4) is 0 Å². The topological polar surface area (TPSA) is 351 Å². The van der Waals surface area contributed by atoms with E-state index in [-0.39, 0.29) is 87.6 Å². The number of imide groups is 1. The summed E-state index contributed by atoms with van der Waals surface area (Å²) in [7, 11) is 0. The fourth-order valence-corrected chi connectivity index (χ4v) is 11.3. The maximum atomic E-state index is 14.6. The second kappa shape index (κ2) is 28.2. The molecule has 4 aromatic rings. The molecule has 0 bridgehead atoms. The Labute approximate surface area is 523 Å². The van der Waals surface area contributed by atoms with Crippen LogP contribution < -0.4 is 41.6 Å². The van der Waals surface area contributed by atoms with Gasteiger partial charge >= 0.3 is 24.2 Å². The normalized spacial score (nSPS) is 17.6. The number of nitrogens with one attached hydrogen (secondary N) is 5. The van der Waals surface area contributed by atoms with Gasteiger partial charge < -0.3 is 69.6 Å². The average molecular weight is 1260 g/mol. The fourth-order valence-electron chi connectivity index (χ4n) is 11.3. The Hall–Kier alpha value is -9.44. The Balaban J connectivity index is 0.821. The van der Waals surface area contributed by atoms with Crippen molar-refractivity contribution in [2.24, 2.45) is 5.92 Å². The molecule has 91 heavy (non-hydrogen) atoms. The lowest BCUT2D eigenvalue weighted by molar-refractivity contribution is -0.175. The van der Waals surface area contributed by atoms with Crippen LogP contribution in [-0.2, 0) is 89.2 Å². The lowest BCUT2D eigenvalue weighted by Crippen LogP contribution is -2.55. The van der Waals surface area contributed by atoms with E-state index >= 15 is 0 Å². The van der Waals surface area contributed by atoms with Crippen molar-refractivity contribution >= 4 is 76.2 Å². The summed E-state index contributed by atoms with van der Waals surface area (Å²) >= 11 is 0. The second-order valence-electron chi connectivity index (χ2n) is 24.3. The van der Waals surface area contributed by atoms with Crippen LogP contribution in [0.2, 0.25) is 0 Å². The number of pyridine rings is 2. The maximum absolute atomic E-state index is 14.6. The van der Waals surface area contributed by atoms with E-state index < -0.39 is 94.8 Å². The first-order valence-corrected chi connectivity index (χ1v) is 30.3. The molecule has 7 amide bonds. The lowest BCUT2D eigenvalue weighted by atomic mass is 9.85. The van der Waals surface area contributed by atoms with Crippen LogP contribution in [-0.4, -0.2) is 165 Å². The second-order valence-corrected chi connectivity index (χ2v) is 24.3. The third-order valence-electron chi connectivity index (χ3n) is 16.1. The number of hydrogen-bond acceptors (Lipinski definition) is 20. The molecule has 1 saturated heterocycles. The SMILES string of the molecule is CC[C@@]1(OC(=O)OCc2ccc(NC(=O)[C@H](CCC(=O)O)NC(=O)[C@H](C)NC(=O)[C@@H](CC(C)C)NC(=O)CCN3C(=O)C=CC3=O)cc2)C(=O)OCc2c1cc1n(c2=O)Cc2c-1nc1cc3c(cc1c2CNCCCN1CCN(C(=O)OC(C)(C)C)CC1)OCO3. The van der Waals surface area contributed by atoms with Crippen molar-refractivity contribution in [3.8, 4) is 22.9 Å². The molecule has 28 heteroatoms. The van der Waals surface area contributed by atoms with E-state index in [0.717, 1.165) is 59.6 Å². The molecule has 0 radical (unpaired) electrons. The molecule has 5 aliphatic heterocycles. The molecule has 9 rings (SSSR count). The van der Waals surface area contributed by atoms with Gasteiger partial charge in [0.1, 0.15) is 36.9 Å². The lowest BCUT2D eigenvalue weighted by Gasteiger charge is -2.35. The fraction of sp³-hybridized carbons (Fsp3) is 0.492. The molecule has 2 aromatic heterocycles. The first-order chi connectivity index (χ1) is 43.3. The molecule has 2 aromatic carbocycles. The van der Waals surface area contributed by atoms with Gasteiger partial charge in [-0.25, -0.2) is 19.4 Å². The Bertz CT molecular complexity index is 3610. The third kappa shape index (κ3) is 15.6. The molecule has 0 saturated carbocycles. The molecule has 5 aliphatic rings. The first-order valence-electron chi connectivity index (χ1n) is 30.3. The van der Waals surface area contributed by atoms with Gasteiger partial charge in [-0.1, -0.05) is 32.9 Å². The molecule has 6 N–H and O–H groups in total. The zero-order valence-corrected chi connectivity index (χ0v) is 51.9. The monoisotopic (exact) mass is 1260 g/mol. The van der Waals surface area contributed by atoms with Gasteiger partial charge in [0.15, 0.2) is 11.5 Å². The van der Waals surface area contributed by atoms with E-state index in [1.54, 1.807) is 28.5 Å². The standard InChI is InChI=1S/C63H76N10O18/c1-8-63(91-61(85)87-32-37-10-12-38(13-11-37)66-56(80)44(14-17-53(77)78)69-55(79)36(4)65-57(81)46(26-35(2)3)67-50(74)18-21-72-51(75)15-16-52(72)76)43-28-47-54-41(31-73(47)58(82)42(43)33-86-59(63)83)40(39-27-48-49(89-34-88-48)29-45(39)68-54)30-64-19-9-20-70-22-24-71(25-23-70)60(84)90-62(5,6)7/h10-13,15-16,27-29,35-36,44,46,64H,8-9,14,17-26,30-34H2,1-7H3,(H,65,81)(H,66,80)(H,67,74)(H,69,79)(H,77,78)/t36-,44-,46+,63-/m0/s1. The summed E-state index contributed by atoms with van der Waals surface area (Å²) < 4.78 is 35.6. The van der Waals surface area contributed by atoms with Gasteiger partial charge in [-0.2, -0.15) is 0 Å². The quantitative estimate of drug-likeness (QED) is 0.0209. The van der Waals surface area contributed by atoms with Crippen molar-refractivity contribution in [3.05, 3.63) is 92.8 Å². The van der Waals surface area contributed by atoms with Crippen LogP contribution in [0, 0.1) is 5.92 Å². The van der Waals surface area contributed by atoms with Gasteiger partial charge in [-0.15, -0.1) is 0 Å². The molecular weight excluding hydrogens is 1180 g/mol. The van der Waals surface area contributed by atoms with Crippen LogP contribution in [0.5, 0.6) is 11.5 Å². The van der Waals surface area contributed by atoms with Crippen molar-refractivity contribution in [1.82, 2.24) is 45.5 Å². The summed E-state index contributed by atoms with van der Waals surface area (Å²) in [5.74, 6) is -5.28. The van der Waals surface area contributed by atoms with Crippen molar-refractivity contribution in [1.29, 1.82) is 0 Å². The minimum atomic E-state index is -2.10. The number of carbonyl (C=O) groups excluding carboxylic acids is 9. The number of carboxylic acids is 1. The number of carbonyl (C=O) groups is 10. The van der Waals surface area contributed by atoms with Gasteiger partial charge in [-0.3, -0.25) is 48.2 Å². The van der Waals surface area contributed by atoms with Crippen LogP contribution in [0.1, 0.15) is 115 Å². The number of piperazine rings is 1. The van der Waals surface area contributed by atoms with Gasteiger partial charge in [0.2, 0.25) is 36.0 Å². The number of ether oxygens (including phenoxy) is 6. The van der Waals surface area contributed by atoms with E-state index in [1.807, 2.05) is 40.7 Å². The van der Waals surface area contributed by atoms with E-state index in [9.17, 15) is 57.8 Å². The number of cyclic esters (lactones) is 1. The third-order valence-corrected chi connectivity index (χ3v) is 16.1. The number of esters is 1. The highest BCUT2D eigenvalue weighted by Gasteiger charge is 2.51. The Morgan fingerprint density at radius 3 is 2.18 bits per heavy atom. The number of aliphatic carboxylic acids is 1. The summed E-state index contributed by atoms with van der Waals surface area (Å²) in [6.07, 6.45) is 0.320. The first kappa shape index (κ1) is 66.0. The number of nitrogens with zero attached hydrogens (tertiary/aromatic N) is 5. The van der Waals surface area contributed by atoms with Gasteiger partial charge in [0.25, 0.3) is 17.4 Å². The number of carboxylic acid groups (broad SMARTS) is 1. The van der Waals surface area contributed by atoms with E-state index in [1.165, 1.54) is 31.2 Å². The summed E-state index contributed by atoms with van der Waals surface area (Å²) in [6, 6.07) is 7.49. The number of amides is 7. The highest BCUT2D eigenvalue weighted by molar-refractivity contribution is 6.13. The van der Waals surface area contributed by atoms with Crippen molar-refractivity contribution in [3.63, 3.8) is 0 Å². The van der Waals surface area contributed by atoms with E-state index in [2.05, 4.69) is 31.5 Å². The molecule has 0 unspecified atom stereocenters.